The van der Waals surface area contributed by atoms with Gasteiger partial charge in [0.15, 0.2) is 0 Å². The number of pyridine rings is 2. The van der Waals surface area contributed by atoms with Gasteiger partial charge in [0.25, 0.3) is 0 Å². The summed E-state index contributed by atoms with van der Waals surface area (Å²) in [6.07, 6.45) is 6.28. The number of anilines is 1. The maximum atomic E-state index is 11.8. The highest BCUT2D eigenvalue weighted by Crippen LogP contribution is 2.46. The van der Waals surface area contributed by atoms with E-state index in [-0.39, 0.29) is 18.0 Å². The molecule has 12 heteroatoms. The number of carbonyl (C=O) groups is 1. The maximum Gasteiger partial charge on any atom is 0.243 e. The molecule has 1 amide bonds. The Morgan fingerprint density at radius 2 is 1.85 bits per heavy atom. The molecule has 1 saturated heterocycles. The molecule has 2 atom stereocenters. The number of nitrogens with one attached hydrogen (secondary N) is 2. The van der Waals surface area contributed by atoms with Gasteiger partial charge in [-0.05, 0) is 24.3 Å². The second-order valence-corrected chi connectivity index (χ2v) is 9.38. The molecule has 200 valence electrons. The standard InChI is InChI=1S/C27H24Cl2N6O4/c1-4-21(36)32-17-12-39-13-18(17)34-27-31-11-15-8-16(22-23(28)19(37-2)9-20(38-3)24(22)29)33-25(26(15)35-27)14-6-5-7-30-10-14/h4-11,17-18H,1,12-13H2,2-3H3,(H,32,36)(H,31,34,35)/t17-,18+/m0/s1. The quantitative estimate of drug-likeness (QED) is 0.295. The second kappa shape index (κ2) is 11.4. The van der Waals surface area contributed by atoms with Gasteiger partial charge < -0.3 is 24.8 Å². The van der Waals surface area contributed by atoms with E-state index in [1.54, 1.807) is 30.7 Å². The Labute approximate surface area is 234 Å². The SMILES string of the molecule is C=CC(=O)N[C@H]1COC[C@H]1Nc1ncc2cc(-c3c(Cl)c(OC)cc(OC)c3Cl)nc(-c3cccnc3)c2n1. The van der Waals surface area contributed by atoms with Crippen molar-refractivity contribution < 1.29 is 19.0 Å². The fourth-order valence-corrected chi connectivity index (χ4v) is 4.99. The van der Waals surface area contributed by atoms with Crippen molar-refractivity contribution in [1.82, 2.24) is 25.3 Å². The summed E-state index contributed by atoms with van der Waals surface area (Å²) >= 11 is 13.4. The van der Waals surface area contributed by atoms with Crippen LogP contribution in [0, 0.1) is 0 Å². The van der Waals surface area contributed by atoms with Gasteiger partial charge in [-0.3, -0.25) is 9.78 Å². The fraction of sp³-hybridized carbons (Fsp3) is 0.222. The molecule has 39 heavy (non-hydrogen) atoms. The number of ether oxygens (including phenoxy) is 3. The molecular formula is C27H24Cl2N6O4. The van der Waals surface area contributed by atoms with Gasteiger partial charge in [-0.15, -0.1) is 0 Å². The van der Waals surface area contributed by atoms with Crippen molar-refractivity contribution >= 4 is 46.0 Å². The molecule has 10 nitrogen and oxygen atoms in total. The third-order valence-electron chi connectivity index (χ3n) is 6.24. The maximum absolute atomic E-state index is 11.8. The minimum absolute atomic E-state index is 0.234. The van der Waals surface area contributed by atoms with Crippen LogP contribution >= 0.6 is 23.2 Å². The summed E-state index contributed by atoms with van der Waals surface area (Å²) in [6.45, 7) is 4.25. The zero-order chi connectivity index (χ0) is 27.5. The van der Waals surface area contributed by atoms with Gasteiger partial charge in [0, 0.05) is 41.2 Å². The van der Waals surface area contributed by atoms with E-state index in [0.29, 0.717) is 68.6 Å². The lowest BCUT2D eigenvalue weighted by atomic mass is 10.0. The molecule has 0 bridgehead atoms. The van der Waals surface area contributed by atoms with Crippen LogP contribution in [0.5, 0.6) is 11.5 Å². The lowest BCUT2D eigenvalue weighted by Gasteiger charge is -2.20. The van der Waals surface area contributed by atoms with Gasteiger partial charge >= 0.3 is 0 Å². The second-order valence-electron chi connectivity index (χ2n) is 8.62. The molecule has 4 heterocycles. The molecule has 4 aromatic rings. The average Bonchev–Trinajstić information content (AvgIpc) is 3.39. The van der Waals surface area contributed by atoms with E-state index < -0.39 is 0 Å². The van der Waals surface area contributed by atoms with Crippen molar-refractivity contribution in [3.8, 4) is 34.0 Å². The third kappa shape index (κ3) is 5.31. The van der Waals surface area contributed by atoms with E-state index in [0.717, 1.165) is 5.56 Å². The van der Waals surface area contributed by atoms with Crippen LogP contribution in [-0.2, 0) is 9.53 Å². The highest BCUT2D eigenvalue weighted by Gasteiger charge is 2.30. The van der Waals surface area contributed by atoms with E-state index in [9.17, 15) is 4.79 Å². The van der Waals surface area contributed by atoms with Crippen molar-refractivity contribution in [1.29, 1.82) is 0 Å². The highest BCUT2D eigenvalue weighted by atomic mass is 35.5. The van der Waals surface area contributed by atoms with Crippen LogP contribution < -0.4 is 20.1 Å². The van der Waals surface area contributed by atoms with Gasteiger partial charge in [0.2, 0.25) is 11.9 Å². The molecule has 1 fully saturated rings. The van der Waals surface area contributed by atoms with Crippen LogP contribution in [0.25, 0.3) is 33.4 Å². The predicted octanol–water partition coefficient (Wildman–Crippen LogP) is 4.56. The largest absolute Gasteiger partial charge is 0.495 e. The predicted molar refractivity (Wildman–Crippen MR) is 149 cm³/mol. The van der Waals surface area contributed by atoms with E-state index in [1.165, 1.54) is 20.3 Å². The van der Waals surface area contributed by atoms with Crippen LogP contribution in [0.3, 0.4) is 0 Å². The van der Waals surface area contributed by atoms with Crippen molar-refractivity contribution in [2.45, 2.75) is 12.1 Å². The number of benzene rings is 1. The Hall–Kier alpha value is -3.99. The number of carbonyl (C=O) groups excluding carboxylic acids is 1. The lowest BCUT2D eigenvalue weighted by Crippen LogP contribution is -2.45. The van der Waals surface area contributed by atoms with Crippen molar-refractivity contribution in [2.24, 2.45) is 0 Å². The Morgan fingerprint density at radius 1 is 1.10 bits per heavy atom. The van der Waals surface area contributed by atoms with Crippen molar-refractivity contribution in [3.05, 3.63) is 65.6 Å². The zero-order valence-electron chi connectivity index (χ0n) is 21.1. The molecular weight excluding hydrogens is 543 g/mol. The summed E-state index contributed by atoms with van der Waals surface area (Å²) in [5.74, 6) is 0.865. The summed E-state index contributed by atoms with van der Waals surface area (Å²) in [4.78, 5) is 30.3. The number of fused-ring (bicyclic) bond motifs is 1. The Kier molecular flexibility index (Phi) is 7.78. The summed E-state index contributed by atoms with van der Waals surface area (Å²) in [6, 6.07) is 6.62. The van der Waals surface area contributed by atoms with E-state index >= 15 is 0 Å². The lowest BCUT2D eigenvalue weighted by molar-refractivity contribution is -0.117. The summed E-state index contributed by atoms with van der Waals surface area (Å²) in [7, 11) is 3.02. The summed E-state index contributed by atoms with van der Waals surface area (Å²) < 4.78 is 16.4. The highest BCUT2D eigenvalue weighted by molar-refractivity contribution is 6.41. The Balaban J connectivity index is 1.63. The van der Waals surface area contributed by atoms with E-state index in [4.69, 9.17) is 47.4 Å². The average molecular weight is 567 g/mol. The van der Waals surface area contributed by atoms with Gasteiger partial charge in [-0.25, -0.2) is 15.0 Å². The molecule has 2 N–H and O–H groups in total. The molecule has 5 rings (SSSR count). The van der Waals surface area contributed by atoms with Gasteiger partial charge in [-0.1, -0.05) is 29.8 Å². The molecule has 0 saturated carbocycles. The molecule has 0 spiro atoms. The number of rotatable bonds is 8. The smallest absolute Gasteiger partial charge is 0.243 e. The number of amides is 1. The van der Waals surface area contributed by atoms with Gasteiger partial charge in [0.05, 0.1) is 61.0 Å². The van der Waals surface area contributed by atoms with E-state index in [2.05, 4.69) is 27.2 Å². The normalized spacial score (nSPS) is 16.6. The molecule has 0 radical (unpaired) electrons. The van der Waals surface area contributed by atoms with Crippen LogP contribution in [-0.4, -0.2) is 65.4 Å². The first-order valence-corrected chi connectivity index (χ1v) is 12.6. The molecule has 0 unspecified atom stereocenters. The summed E-state index contributed by atoms with van der Waals surface area (Å²) in [5, 5.41) is 7.41. The number of halogens is 2. The fourth-order valence-electron chi connectivity index (χ4n) is 4.30. The number of aromatic nitrogens is 4. The van der Waals surface area contributed by atoms with Crippen LogP contribution in [0.1, 0.15) is 0 Å². The first-order valence-electron chi connectivity index (χ1n) is 11.9. The minimum atomic E-state index is -0.279. The first kappa shape index (κ1) is 26.6. The number of hydrogen-bond acceptors (Lipinski definition) is 9. The number of hydrogen-bond donors (Lipinski definition) is 2. The zero-order valence-corrected chi connectivity index (χ0v) is 22.6. The molecule has 3 aromatic heterocycles. The van der Waals surface area contributed by atoms with Crippen molar-refractivity contribution in [3.63, 3.8) is 0 Å². The van der Waals surface area contributed by atoms with Crippen LogP contribution in [0.2, 0.25) is 10.0 Å². The minimum Gasteiger partial charge on any atom is -0.495 e. The molecule has 1 aliphatic heterocycles. The van der Waals surface area contributed by atoms with Gasteiger partial charge in [0.1, 0.15) is 17.0 Å². The van der Waals surface area contributed by atoms with Crippen LogP contribution in [0.15, 0.2) is 55.5 Å². The topological polar surface area (TPSA) is 120 Å². The Bertz CT molecular complexity index is 1520. The van der Waals surface area contributed by atoms with Gasteiger partial charge in [-0.2, -0.15) is 0 Å². The molecule has 1 aromatic carbocycles. The van der Waals surface area contributed by atoms with Crippen molar-refractivity contribution in [2.75, 3.05) is 32.8 Å². The first-order chi connectivity index (χ1) is 18.9. The molecule has 0 aliphatic carbocycles. The Morgan fingerprint density at radius 3 is 2.51 bits per heavy atom. The third-order valence-corrected chi connectivity index (χ3v) is 6.99. The summed E-state index contributed by atoms with van der Waals surface area (Å²) in [5.41, 5.74) is 2.80. The number of methoxy groups -OCH3 is 2. The van der Waals surface area contributed by atoms with E-state index in [1.807, 2.05) is 12.1 Å². The molecule has 1 aliphatic rings. The number of nitrogens with zero attached hydrogens (tertiary/aromatic N) is 4. The van der Waals surface area contributed by atoms with Crippen LogP contribution in [0.4, 0.5) is 5.95 Å². The monoisotopic (exact) mass is 566 g/mol.